The van der Waals surface area contributed by atoms with Crippen molar-refractivity contribution in [2.45, 2.75) is 6.54 Å². The molecule has 1 heterocycles. The first kappa shape index (κ1) is 14.1. The molecule has 0 aliphatic heterocycles. The van der Waals surface area contributed by atoms with Gasteiger partial charge in [0.15, 0.2) is 0 Å². The number of aromatic amines is 1. The number of pyridine rings is 1. The van der Waals surface area contributed by atoms with Crippen LogP contribution in [0.25, 0.3) is 0 Å². The van der Waals surface area contributed by atoms with Crippen molar-refractivity contribution in [1.82, 2.24) is 10.3 Å². The summed E-state index contributed by atoms with van der Waals surface area (Å²) in [5, 5.41) is 2.72. The fourth-order valence-electron chi connectivity index (χ4n) is 1.71. The van der Waals surface area contributed by atoms with Gasteiger partial charge in [0, 0.05) is 18.3 Å². The number of halogens is 1. The van der Waals surface area contributed by atoms with E-state index in [0.29, 0.717) is 17.9 Å². The molecule has 0 unspecified atom stereocenters. The molecule has 20 heavy (non-hydrogen) atoms. The van der Waals surface area contributed by atoms with Crippen LogP contribution >= 0.6 is 11.6 Å². The van der Waals surface area contributed by atoms with Gasteiger partial charge in [-0.15, -0.1) is 0 Å². The van der Waals surface area contributed by atoms with Gasteiger partial charge in [-0.05, 0) is 12.1 Å². The molecule has 0 aliphatic rings. The van der Waals surface area contributed by atoms with Gasteiger partial charge in [-0.3, -0.25) is 9.59 Å². The lowest BCUT2D eigenvalue weighted by atomic mass is 10.2. The first-order valence-corrected chi connectivity index (χ1v) is 6.28. The lowest BCUT2D eigenvalue weighted by molar-refractivity contribution is 0.0950. The number of nitrogens with one attached hydrogen (secondary N) is 2. The normalized spacial score (nSPS) is 10.1. The van der Waals surface area contributed by atoms with E-state index in [9.17, 15) is 9.59 Å². The summed E-state index contributed by atoms with van der Waals surface area (Å²) < 4.78 is 5.20. The van der Waals surface area contributed by atoms with Gasteiger partial charge in [0.25, 0.3) is 11.5 Å². The molecule has 0 radical (unpaired) electrons. The highest BCUT2D eigenvalue weighted by Gasteiger charge is 2.09. The second-order valence-corrected chi connectivity index (χ2v) is 4.47. The lowest BCUT2D eigenvalue weighted by Crippen LogP contribution is -2.24. The van der Waals surface area contributed by atoms with Gasteiger partial charge in [0.05, 0.1) is 12.7 Å². The zero-order valence-corrected chi connectivity index (χ0v) is 11.5. The van der Waals surface area contributed by atoms with Crippen LogP contribution in [0.15, 0.2) is 41.3 Å². The minimum Gasteiger partial charge on any atom is -0.496 e. The highest BCUT2D eigenvalue weighted by molar-refractivity contribution is 6.30. The summed E-state index contributed by atoms with van der Waals surface area (Å²) >= 11 is 5.68. The van der Waals surface area contributed by atoms with Crippen molar-refractivity contribution in [3.63, 3.8) is 0 Å². The molecular formula is C14H13ClN2O3. The van der Waals surface area contributed by atoms with E-state index in [1.807, 2.05) is 24.3 Å². The van der Waals surface area contributed by atoms with Gasteiger partial charge in [0.1, 0.15) is 10.8 Å². The van der Waals surface area contributed by atoms with Crippen LogP contribution in [-0.2, 0) is 6.54 Å². The van der Waals surface area contributed by atoms with Crippen LogP contribution in [0.4, 0.5) is 0 Å². The Balaban J connectivity index is 2.08. The van der Waals surface area contributed by atoms with Crippen molar-refractivity contribution in [3.05, 3.63) is 63.0 Å². The molecule has 0 spiro atoms. The Morgan fingerprint density at radius 2 is 2.15 bits per heavy atom. The Bertz CT molecular complexity index is 682. The third-order valence-electron chi connectivity index (χ3n) is 2.75. The van der Waals surface area contributed by atoms with Crippen molar-refractivity contribution < 1.29 is 9.53 Å². The molecule has 1 aromatic carbocycles. The molecule has 0 saturated heterocycles. The van der Waals surface area contributed by atoms with Gasteiger partial charge >= 0.3 is 0 Å². The summed E-state index contributed by atoms with van der Waals surface area (Å²) in [6.07, 6.45) is 1.33. The molecule has 2 rings (SSSR count). The van der Waals surface area contributed by atoms with E-state index in [0.717, 1.165) is 5.56 Å². The topological polar surface area (TPSA) is 71.2 Å². The molecule has 5 nitrogen and oxygen atoms in total. The number of aromatic nitrogens is 1. The van der Waals surface area contributed by atoms with Crippen LogP contribution in [0, 0.1) is 0 Å². The number of hydrogen-bond donors (Lipinski definition) is 2. The molecule has 0 fully saturated rings. The van der Waals surface area contributed by atoms with Crippen molar-refractivity contribution in [1.29, 1.82) is 0 Å². The lowest BCUT2D eigenvalue weighted by Gasteiger charge is -2.09. The average Bonchev–Trinajstić information content (AvgIpc) is 2.47. The van der Waals surface area contributed by atoms with Crippen LogP contribution in [0.1, 0.15) is 15.9 Å². The maximum atomic E-state index is 11.9. The van der Waals surface area contributed by atoms with Crippen LogP contribution < -0.4 is 15.6 Å². The second kappa shape index (κ2) is 6.25. The number of benzene rings is 1. The molecule has 0 saturated carbocycles. The summed E-state index contributed by atoms with van der Waals surface area (Å²) in [6, 6.07) is 8.72. The predicted molar refractivity (Wildman–Crippen MR) is 76.2 cm³/mol. The third kappa shape index (κ3) is 3.19. The standard InChI is InChI=1S/C14H13ClN2O3/c1-20-12-5-3-2-4-9(12)7-16-13(18)10-6-11(15)14(19)17-8-10/h2-6,8H,7H2,1H3,(H,16,18)(H,17,19). The van der Waals surface area contributed by atoms with Crippen LogP contribution in [0.2, 0.25) is 5.02 Å². The van der Waals surface area contributed by atoms with E-state index < -0.39 is 5.56 Å². The molecule has 2 N–H and O–H groups in total. The van der Waals surface area contributed by atoms with E-state index in [2.05, 4.69) is 10.3 Å². The second-order valence-electron chi connectivity index (χ2n) is 4.06. The van der Waals surface area contributed by atoms with Crippen LogP contribution in [0.3, 0.4) is 0 Å². The number of rotatable bonds is 4. The zero-order chi connectivity index (χ0) is 14.5. The number of ether oxygens (including phenoxy) is 1. The van der Waals surface area contributed by atoms with E-state index in [-0.39, 0.29) is 10.9 Å². The SMILES string of the molecule is COc1ccccc1CNC(=O)c1c[nH]c(=O)c(Cl)c1. The maximum Gasteiger partial charge on any atom is 0.266 e. The Hall–Kier alpha value is -2.27. The molecule has 0 atom stereocenters. The summed E-state index contributed by atoms with van der Waals surface area (Å²) in [6.45, 7) is 0.319. The molecule has 104 valence electrons. The number of carbonyl (C=O) groups excluding carboxylic acids is 1. The average molecular weight is 293 g/mol. The van der Waals surface area contributed by atoms with E-state index >= 15 is 0 Å². The summed E-state index contributed by atoms with van der Waals surface area (Å²) in [5.74, 6) is 0.376. The van der Waals surface area contributed by atoms with E-state index in [1.165, 1.54) is 12.3 Å². The molecule has 6 heteroatoms. The molecule has 0 aliphatic carbocycles. The highest BCUT2D eigenvalue weighted by Crippen LogP contribution is 2.16. The number of carbonyl (C=O) groups is 1. The fraction of sp³-hybridized carbons (Fsp3) is 0.143. The fourth-order valence-corrected chi connectivity index (χ4v) is 1.89. The number of amides is 1. The smallest absolute Gasteiger partial charge is 0.266 e. The van der Waals surface area contributed by atoms with Crippen LogP contribution in [-0.4, -0.2) is 18.0 Å². The van der Waals surface area contributed by atoms with Crippen molar-refractivity contribution >= 4 is 17.5 Å². The summed E-state index contributed by atoms with van der Waals surface area (Å²) in [7, 11) is 1.57. The van der Waals surface area contributed by atoms with Crippen LogP contribution in [0.5, 0.6) is 5.75 Å². The van der Waals surface area contributed by atoms with Crippen molar-refractivity contribution in [2.75, 3.05) is 7.11 Å². The molecule has 1 aromatic heterocycles. The quantitative estimate of drug-likeness (QED) is 0.905. The summed E-state index contributed by atoms with van der Waals surface area (Å²) in [4.78, 5) is 25.5. The largest absolute Gasteiger partial charge is 0.496 e. The van der Waals surface area contributed by atoms with Crippen molar-refractivity contribution in [2.24, 2.45) is 0 Å². The maximum absolute atomic E-state index is 11.9. The predicted octanol–water partition coefficient (Wildman–Crippen LogP) is 1.97. The van der Waals surface area contributed by atoms with Gasteiger partial charge in [-0.2, -0.15) is 0 Å². The number of hydrogen-bond acceptors (Lipinski definition) is 3. The molecular weight excluding hydrogens is 280 g/mol. The van der Waals surface area contributed by atoms with Crippen molar-refractivity contribution in [3.8, 4) is 5.75 Å². The van der Waals surface area contributed by atoms with Gasteiger partial charge in [0.2, 0.25) is 0 Å². The Kier molecular flexibility index (Phi) is 4.42. The Morgan fingerprint density at radius 3 is 2.85 bits per heavy atom. The van der Waals surface area contributed by atoms with Gasteiger partial charge < -0.3 is 15.0 Å². The van der Waals surface area contributed by atoms with E-state index in [1.54, 1.807) is 7.11 Å². The Labute approximate surface area is 120 Å². The minimum absolute atomic E-state index is 0.0186. The number of para-hydroxylation sites is 1. The number of H-pyrrole nitrogens is 1. The number of methoxy groups -OCH3 is 1. The van der Waals surface area contributed by atoms with E-state index in [4.69, 9.17) is 16.3 Å². The zero-order valence-electron chi connectivity index (χ0n) is 10.8. The third-order valence-corrected chi connectivity index (χ3v) is 3.03. The van der Waals surface area contributed by atoms with Gasteiger partial charge in [-0.25, -0.2) is 0 Å². The summed E-state index contributed by atoms with van der Waals surface area (Å²) in [5.41, 5.74) is 0.733. The molecule has 0 bridgehead atoms. The highest BCUT2D eigenvalue weighted by atomic mass is 35.5. The first-order chi connectivity index (χ1) is 9.61. The monoisotopic (exact) mass is 292 g/mol. The molecule has 1 amide bonds. The molecule has 2 aromatic rings. The minimum atomic E-state index is -0.423. The van der Waals surface area contributed by atoms with Gasteiger partial charge in [-0.1, -0.05) is 29.8 Å². The first-order valence-electron chi connectivity index (χ1n) is 5.90. The Morgan fingerprint density at radius 1 is 1.40 bits per heavy atom.